The molecule has 0 rings (SSSR count). The molecule has 0 aliphatic carbocycles. The Balaban J connectivity index is 4.39. The second kappa shape index (κ2) is 3.23. The van der Waals surface area contributed by atoms with Crippen molar-refractivity contribution >= 4 is 6.72 Å². The van der Waals surface area contributed by atoms with Crippen molar-refractivity contribution in [3.8, 4) is 0 Å². The van der Waals surface area contributed by atoms with Crippen molar-refractivity contribution in [3.63, 3.8) is 0 Å². The van der Waals surface area contributed by atoms with Gasteiger partial charge < -0.3 is 0 Å². The van der Waals surface area contributed by atoms with E-state index in [2.05, 4.69) is 18.3 Å². The minimum absolute atomic E-state index is 0.773. The summed E-state index contributed by atoms with van der Waals surface area (Å²) >= 11 is 0. The molecule has 0 bridgehead atoms. The topological polar surface area (TPSA) is 12.4 Å². The van der Waals surface area contributed by atoms with Gasteiger partial charge in [0.05, 0.1) is 5.70 Å². The first-order chi connectivity index (χ1) is 4.09. The van der Waals surface area contributed by atoms with Gasteiger partial charge in [0.25, 0.3) is 0 Å². The summed E-state index contributed by atoms with van der Waals surface area (Å²) in [5.74, 6) is 0. The van der Waals surface area contributed by atoms with Crippen LogP contribution >= 0.6 is 0 Å². The number of hydrogen-bond acceptors (Lipinski definition) is 1. The van der Waals surface area contributed by atoms with E-state index in [9.17, 15) is 0 Å². The van der Waals surface area contributed by atoms with E-state index in [1.165, 1.54) is 5.57 Å². The van der Waals surface area contributed by atoms with Gasteiger partial charge in [-0.2, -0.15) is 0 Å². The molecule has 0 atom stereocenters. The number of allylic oxidation sites excluding steroid dienone is 2. The van der Waals surface area contributed by atoms with Gasteiger partial charge in [-0.1, -0.05) is 12.2 Å². The summed E-state index contributed by atoms with van der Waals surface area (Å²) < 4.78 is 0. The molecule has 0 N–H and O–H groups in total. The highest BCUT2D eigenvalue weighted by molar-refractivity contribution is 5.37. The van der Waals surface area contributed by atoms with Gasteiger partial charge in [0.2, 0.25) is 0 Å². The molecule has 0 fully saturated rings. The van der Waals surface area contributed by atoms with E-state index in [1.807, 2.05) is 20.8 Å². The Hall–Kier alpha value is -0.850. The van der Waals surface area contributed by atoms with Crippen molar-refractivity contribution in [1.29, 1.82) is 0 Å². The Morgan fingerprint density at radius 3 is 1.78 bits per heavy atom. The van der Waals surface area contributed by atoms with Gasteiger partial charge in [0.1, 0.15) is 0 Å². The first-order valence-electron chi connectivity index (χ1n) is 2.89. The normalized spacial score (nSPS) is 8.33. The summed E-state index contributed by atoms with van der Waals surface area (Å²) in [6, 6.07) is 0. The fraction of sp³-hybridized carbons (Fsp3) is 0.375. The molecular weight excluding hydrogens is 110 g/mol. The standard InChI is InChI=1S/C8H13N/c1-6(2)7(3)8(4)9-5/h4-5H2,1-3H3. The highest BCUT2D eigenvalue weighted by Gasteiger charge is 1.92. The van der Waals surface area contributed by atoms with E-state index >= 15 is 0 Å². The van der Waals surface area contributed by atoms with Crippen LogP contribution in [0.15, 0.2) is 28.4 Å². The summed E-state index contributed by atoms with van der Waals surface area (Å²) in [6.45, 7) is 13.1. The molecule has 0 aliphatic heterocycles. The van der Waals surface area contributed by atoms with Crippen LogP contribution in [0.2, 0.25) is 0 Å². The van der Waals surface area contributed by atoms with E-state index in [0.29, 0.717) is 0 Å². The Morgan fingerprint density at radius 2 is 1.67 bits per heavy atom. The van der Waals surface area contributed by atoms with Gasteiger partial charge in [0, 0.05) is 0 Å². The van der Waals surface area contributed by atoms with E-state index in [-0.39, 0.29) is 0 Å². The highest BCUT2D eigenvalue weighted by atomic mass is 14.7. The lowest BCUT2D eigenvalue weighted by Crippen LogP contribution is -1.80. The molecular formula is C8H13N. The average Bonchev–Trinajstić information content (AvgIpc) is 1.84. The van der Waals surface area contributed by atoms with Crippen LogP contribution in [0.4, 0.5) is 0 Å². The third kappa shape index (κ3) is 2.27. The van der Waals surface area contributed by atoms with Gasteiger partial charge in [-0.25, -0.2) is 0 Å². The van der Waals surface area contributed by atoms with Crippen LogP contribution in [0, 0.1) is 0 Å². The fourth-order valence-electron chi connectivity index (χ4n) is 0.407. The molecule has 0 aromatic heterocycles. The van der Waals surface area contributed by atoms with Gasteiger partial charge in [-0.3, -0.25) is 4.99 Å². The highest BCUT2D eigenvalue weighted by Crippen LogP contribution is 2.11. The van der Waals surface area contributed by atoms with Crippen LogP contribution in [0.3, 0.4) is 0 Å². The Labute approximate surface area is 56.8 Å². The predicted molar refractivity (Wildman–Crippen MR) is 42.7 cm³/mol. The molecule has 9 heavy (non-hydrogen) atoms. The van der Waals surface area contributed by atoms with Crippen LogP contribution in [-0.4, -0.2) is 6.72 Å². The average molecular weight is 123 g/mol. The van der Waals surface area contributed by atoms with Crippen LogP contribution in [-0.2, 0) is 0 Å². The molecule has 0 aromatic rings. The first-order valence-corrected chi connectivity index (χ1v) is 2.89. The molecule has 0 saturated heterocycles. The fourth-order valence-corrected chi connectivity index (χ4v) is 0.407. The maximum Gasteiger partial charge on any atom is 0.0579 e. The zero-order valence-electron chi connectivity index (χ0n) is 6.36. The summed E-state index contributed by atoms with van der Waals surface area (Å²) in [4.78, 5) is 3.71. The third-order valence-corrected chi connectivity index (χ3v) is 1.37. The van der Waals surface area contributed by atoms with Crippen molar-refractivity contribution in [2.24, 2.45) is 4.99 Å². The van der Waals surface area contributed by atoms with Crippen LogP contribution in [0.1, 0.15) is 20.8 Å². The predicted octanol–water partition coefficient (Wildman–Crippen LogP) is 2.56. The van der Waals surface area contributed by atoms with Crippen molar-refractivity contribution < 1.29 is 0 Å². The van der Waals surface area contributed by atoms with Crippen LogP contribution < -0.4 is 0 Å². The molecule has 0 aromatic carbocycles. The molecule has 1 heteroatoms. The minimum atomic E-state index is 0.773. The van der Waals surface area contributed by atoms with Gasteiger partial charge in [-0.05, 0) is 33.1 Å². The Bertz CT molecular complexity index is 159. The zero-order valence-corrected chi connectivity index (χ0v) is 6.36. The summed E-state index contributed by atoms with van der Waals surface area (Å²) in [5.41, 5.74) is 3.15. The number of aliphatic imine (C=N–C) groups is 1. The minimum Gasteiger partial charge on any atom is -0.265 e. The van der Waals surface area contributed by atoms with Gasteiger partial charge in [-0.15, -0.1) is 0 Å². The van der Waals surface area contributed by atoms with Crippen molar-refractivity contribution in [3.05, 3.63) is 23.4 Å². The van der Waals surface area contributed by atoms with Gasteiger partial charge in [0.15, 0.2) is 0 Å². The lowest BCUT2D eigenvalue weighted by atomic mass is 10.1. The van der Waals surface area contributed by atoms with Crippen molar-refractivity contribution in [2.75, 3.05) is 0 Å². The molecule has 50 valence electrons. The number of nitrogens with zero attached hydrogens (tertiary/aromatic N) is 1. The lowest BCUT2D eigenvalue weighted by molar-refractivity contribution is 1.21. The molecule has 0 heterocycles. The second-order valence-electron chi connectivity index (χ2n) is 2.23. The lowest BCUT2D eigenvalue weighted by Gasteiger charge is -1.99. The smallest absolute Gasteiger partial charge is 0.0579 e. The van der Waals surface area contributed by atoms with E-state index in [0.717, 1.165) is 11.3 Å². The van der Waals surface area contributed by atoms with E-state index < -0.39 is 0 Å². The summed E-state index contributed by atoms with van der Waals surface area (Å²) in [5, 5.41) is 0. The van der Waals surface area contributed by atoms with Gasteiger partial charge >= 0.3 is 0 Å². The number of rotatable bonds is 2. The SMILES string of the molecule is C=NC(=C)C(C)=C(C)C. The van der Waals surface area contributed by atoms with E-state index in [1.54, 1.807) is 0 Å². The maximum atomic E-state index is 3.71. The Morgan fingerprint density at radius 1 is 1.22 bits per heavy atom. The van der Waals surface area contributed by atoms with Crippen molar-refractivity contribution in [2.45, 2.75) is 20.8 Å². The third-order valence-electron chi connectivity index (χ3n) is 1.37. The second-order valence-corrected chi connectivity index (χ2v) is 2.23. The molecule has 0 amide bonds. The molecule has 0 saturated carbocycles. The van der Waals surface area contributed by atoms with E-state index in [4.69, 9.17) is 0 Å². The summed E-state index contributed by atoms with van der Waals surface area (Å²) in [6.07, 6.45) is 0. The van der Waals surface area contributed by atoms with Crippen molar-refractivity contribution in [1.82, 2.24) is 0 Å². The molecule has 0 spiro atoms. The molecule has 0 unspecified atom stereocenters. The first kappa shape index (κ1) is 8.15. The Kier molecular flexibility index (Phi) is 2.93. The maximum absolute atomic E-state index is 3.71. The summed E-state index contributed by atoms with van der Waals surface area (Å²) in [7, 11) is 0. The largest absolute Gasteiger partial charge is 0.265 e. The van der Waals surface area contributed by atoms with Crippen LogP contribution in [0.5, 0.6) is 0 Å². The zero-order chi connectivity index (χ0) is 7.44. The molecule has 0 aliphatic rings. The monoisotopic (exact) mass is 123 g/mol. The van der Waals surface area contributed by atoms with Crippen LogP contribution in [0.25, 0.3) is 0 Å². The molecule has 1 nitrogen and oxygen atoms in total. The quantitative estimate of drug-likeness (QED) is 0.395. The molecule has 0 radical (unpaired) electrons. The number of hydrogen-bond donors (Lipinski definition) is 0.